The fourth-order valence-corrected chi connectivity index (χ4v) is 4.58. The quantitative estimate of drug-likeness (QED) is 0.546. The molecule has 0 N–H and O–H groups in total. The van der Waals surface area contributed by atoms with E-state index in [1.807, 2.05) is 11.8 Å². The lowest BCUT2D eigenvalue weighted by molar-refractivity contribution is 0.830. The van der Waals surface area contributed by atoms with Gasteiger partial charge in [0.25, 0.3) is 0 Å². The van der Waals surface area contributed by atoms with E-state index >= 15 is 0 Å². The Morgan fingerprint density at radius 1 is 0.565 bits per heavy atom. The number of allylic oxidation sites excluding steroid dienone is 1. The van der Waals surface area contributed by atoms with Gasteiger partial charge < -0.3 is 0 Å². The third-order valence-corrected chi connectivity index (χ3v) is 5.73. The van der Waals surface area contributed by atoms with Gasteiger partial charge in [-0.2, -0.15) is 0 Å². The highest BCUT2D eigenvalue weighted by molar-refractivity contribution is 8.08. The Balaban J connectivity index is 1.75. The molecule has 0 aliphatic carbocycles. The molecule has 0 nitrogen and oxygen atoms in total. The van der Waals surface area contributed by atoms with Crippen molar-refractivity contribution in [1.29, 1.82) is 0 Å². The van der Waals surface area contributed by atoms with Crippen LogP contribution in [0.25, 0.3) is 4.91 Å². The average Bonchev–Trinajstić information content (AvgIpc) is 3.09. The highest BCUT2D eigenvalue weighted by atomic mass is 32.2. The molecule has 0 amide bonds. The van der Waals surface area contributed by atoms with Gasteiger partial charge in [0.1, 0.15) is 0 Å². The molecule has 23 heavy (non-hydrogen) atoms. The second kappa shape index (κ2) is 6.47. The summed E-state index contributed by atoms with van der Waals surface area (Å²) in [5.41, 5.74) is 4.10. The molecular formula is C22H18S. The third-order valence-electron chi connectivity index (χ3n) is 4.28. The van der Waals surface area contributed by atoms with E-state index in [4.69, 9.17) is 0 Å². The van der Waals surface area contributed by atoms with Gasteiger partial charge >= 0.3 is 0 Å². The molecule has 3 aromatic carbocycles. The van der Waals surface area contributed by atoms with E-state index in [2.05, 4.69) is 97.1 Å². The van der Waals surface area contributed by atoms with Crippen molar-refractivity contribution in [2.75, 3.05) is 0 Å². The Kier molecular flexibility index (Phi) is 4.04. The largest absolute Gasteiger partial charge is 0.117 e. The average molecular weight is 314 g/mol. The van der Waals surface area contributed by atoms with Crippen molar-refractivity contribution >= 4 is 16.7 Å². The van der Waals surface area contributed by atoms with Gasteiger partial charge in [0.15, 0.2) is 0 Å². The van der Waals surface area contributed by atoms with Gasteiger partial charge in [0.2, 0.25) is 0 Å². The van der Waals surface area contributed by atoms with Crippen molar-refractivity contribution in [2.45, 2.75) is 11.2 Å². The summed E-state index contributed by atoms with van der Waals surface area (Å²) in [5.74, 6) is 0.416. The monoisotopic (exact) mass is 314 g/mol. The normalized spacial score (nSPS) is 20.3. The number of rotatable bonds is 3. The molecule has 1 aliphatic rings. The minimum absolute atomic E-state index is 0.416. The molecule has 4 rings (SSSR count). The maximum absolute atomic E-state index is 2.44. The standard InChI is InChI=1S/C22H18S/c1-4-10-17(11-5-1)20-16-21(18-12-6-2-7-13-18)23-22(20)19-14-8-3-9-15-19/h1-16,20,22H. The van der Waals surface area contributed by atoms with Gasteiger partial charge in [-0.25, -0.2) is 0 Å². The molecule has 0 bridgehead atoms. The molecule has 0 saturated heterocycles. The van der Waals surface area contributed by atoms with Crippen LogP contribution >= 0.6 is 11.8 Å². The Labute approximate surface area is 141 Å². The van der Waals surface area contributed by atoms with E-state index in [9.17, 15) is 0 Å². The first-order valence-electron chi connectivity index (χ1n) is 7.95. The molecule has 0 saturated carbocycles. The van der Waals surface area contributed by atoms with Crippen LogP contribution in [0.2, 0.25) is 0 Å². The van der Waals surface area contributed by atoms with Gasteiger partial charge in [-0.05, 0) is 16.7 Å². The van der Waals surface area contributed by atoms with Crippen LogP contribution in [0.1, 0.15) is 27.9 Å². The van der Waals surface area contributed by atoms with E-state index in [0.717, 1.165) is 0 Å². The minimum atomic E-state index is 0.416. The predicted octanol–water partition coefficient (Wildman–Crippen LogP) is 6.30. The van der Waals surface area contributed by atoms with Crippen LogP contribution in [0.3, 0.4) is 0 Å². The molecule has 1 aliphatic heterocycles. The lowest BCUT2D eigenvalue weighted by Gasteiger charge is -2.19. The Bertz CT molecular complexity index is 791. The first-order valence-corrected chi connectivity index (χ1v) is 8.83. The van der Waals surface area contributed by atoms with Crippen molar-refractivity contribution in [3.63, 3.8) is 0 Å². The summed E-state index contributed by atoms with van der Waals surface area (Å²) >= 11 is 1.98. The number of hydrogen-bond donors (Lipinski definition) is 0. The predicted molar refractivity (Wildman–Crippen MR) is 100 cm³/mol. The van der Waals surface area contributed by atoms with E-state index < -0.39 is 0 Å². The second-order valence-corrected chi connectivity index (χ2v) is 6.97. The highest BCUT2D eigenvalue weighted by Crippen LogP contribution is 2.55. The SMILES string of the molecule is C1=C(c2ccccc2)SC(c2ccccc2)C1c1ccccc1. The zero-order valence-corrected chi connectivity index (χ0v) is 13.6. The van der Waals surface area contributed by atoms with Crippen LogP contribution in [-0.4, -0.2) is 0 Å². The van der Waals surface area contributed by atoms with E-state index in [0.29, 0.717) is 11.2 Å². The molecular weight excluding hydrogens is 296 g/mol. The maximum Gasteiger partial charge on any atom is 0.0448 e. The summed E-state index contributed by atoms with van der Waals surface area (Å²) < 4.78 is 0. The summed E-state index contributed by atoms with van der Waals surface area (Å²) in [6.07, 6.45) is 2.44. The first kappa shape index (κ1) is 14.3. The zero-order valence-electron chi connectivity index (χ0n) is 12.8. The molecule has 3 aromatic rings. The zero-order chi connectivity index (χ0) is 15.5. The molecule has 0 radical (unpaired) electrons. The van der Waals surface area contributed by atoms with Gasteiger partial charge in [-0.3, -0.25) is 0 Å². The molecule has 1 heterocycles. The third kappa shape index (κ3) is 2.97. The Hall–Kier alpha value is -2.25. The lowest BCUT2D eigenvalue weighted by Crippen LogP contribution is -2.02. The molecule has 2 atom stereocenters. The van der Waals surface area contributed by atoms with Gasteiger partial charge in [0, 0.05) is 16.1 Å². The highest BCUT2D eigenvalue weighted by Gasteiger charge is 2.31. The molecule has 112 valence electrons. The van der Waals surface area contributed by atoms with Crippen molar-refractivity contribution in [1.82, 2.24) is 0 Å². The van der Waals surface area contributed by atoms with Gasteiger partial charge in [-0.1, -0.05) is 97.1 Å². The van der Waals surface area contributed by atoms with Crippen molar-refractivity contribution < 1.29 is 0 Å². The summed E-state index contributed by atoms with van der Waals surface area (Å²) in [4.78, 5) is 1.38. The second-order valence-electron chi connectivity index (χ2n) is 5.78. The smallest absolute Gasteiger partial charge is 0.0448 e. The fourth-order valence-electron chi connectivity index (χ4n) is 3.13. The summed E-state index contributed by atoms with van der Waals surface area (Å²) in [5, 5.41) is 0.439. The van der Waals surface area contributed by atoms with Crippen LogP contribution in [0.15, 0.2) is 97.1 Å². The summed E-state index contributed by atoms with van der Waals surface area (Å²) in [6.45, 7) is 0. The minimum Gasteiger partial charge on any atom is -0.117 e. The van der Waals surface area contributed by atoms with Crippen molar-refractivity contribution in [2.24, 2.45) is 0 Å². The van der Waals surface area contributed by atoms with Gasteiger partial charge in [0.05, 0.1) is 0 Å². The van der Waals surface area contributed by atoms with Crippen LogP contribution in [0.4, 0.5) is 0 Å². The summed E-state index contributed by atoms with van der Waals surface area (Å²) in [7, 11) is 0. The van der Waals surface area contributed by atoms with E-state index in [-0.39, 0.29) is 0 Å². The number of thioether (sulfide) groups is 1. The van der Waals surface area contributed by atoms with Gasteiger partial charge in [-0.15, -0.1) is 11.8 Å². The first-order chi connectivity index (χ1) is 11.4. The summed E-state index contributed by atoms with van der Waals surface area (Å²) in [6, 6.07) is 32.4. The lowest BCUT2D eigenvalue weighted by atomic mass is 9.91. The van der Waals surface area contributed by atoms with Crippen LogP contribution in [-0.2, 0) is 0 Å². The number of hydrogen-bond acceptors (Lipinski definition) is 1. The fraction of sp³-hybridized carbons (Fsp3) is 0.0909. The Morgan fingerprint density at radius 2 is 1.09 bits per heavy atom. The van der Waals surface area contributed by atoms with E-state index in [1.165, 1.54) is 21.6 Å². The van der Waals surface area contributed by atoms with Crippen LogP contribution in [0, 0.1) is 0 Å². The molecule has 0 spiro atoms. The van der Waals surface area contributed by atoms with Crippen LogP contribution in [0.5, 0.6) is 0 Å². The van der Waals surface area contributed by atoms with Crippen molar-refractivity contribution in [3.8, 4) is 0 Å². The molecule has 2 unspecified atom stereocenters. The molecule has 0 aromatic heterocycles. The molecule has 0 fully saturated rings. The Morgan fingerprint density at radius 3 is 1.70 bits per heavy atom. The topological polar surface area (TPSA) is 0 Å². The number of benzene rings is 3. The molecule has 1 heteroatoms. The van der Waals surface area contributed by atoms with Crippen LogP contribution < -0.4 is 0 Å². The van der Waals surface area contributed by atoms with Crippen molar-refractivity contribution in [3.05, 3.63) is 114 Å². The van der Waals surface area contributed by atoms with E-state index in [1.54, 1.807) is 0 Å². The maximum atomic E-state index is 2.44.